The monoisotopic (exact) mass is 422 g/mol. The number of hydrogen-bond donors (Lipinski definition) is 3. The highest BCUT2D eigenvalue weighted by atomic mass is 16.3. The van der Waals surface area contributed by atoms with Crippen molar-refractivity contribution in [1.29, 1.82) is 0 Å². The predicted octanol–water partition coefficient (Wildman–Crippen LogP) is 1.68. The maximum absolute atomic E-state index is 13.6. The number of benzene rings is 2. The lowest BCUT2D eigenvalue weighted by atomic mass is 9.99. The zero-order valence-corrected chi connectivity index (χ0v) is 18.6. The number of likely N-dealkylation sites (N-methyl/N-ethyl adjacent to an activating group) is 2. The van der Waals surface area contributed by atoms with Crippen LogP contribution < -0.4 is 16.5 Å². The second kappa shape index (κ2) is 8.30. The van der Waals surface area contributed by atoms with E-state index in [4.69, 9.17) is 10.8 Å². The molecule has 0 aliphatic heterocycles. The SMILES string of the molecule is CN(C)CCNc1cc(CN)c2c(CCN(C)C)nn3c4cccc(O)c4c(=O)c1c23. The van der Waals surface area contributed by atoms with Crippen molar-refractivity contribution in [2.75, 3.05) is 53.1 Å². The normalized spacial score (nSPS) is 12.2. The van der Waals surface area contributed by atoms with E-state index in [0.29, 0.717) is 24.0 Å². The quantitative estimate of drug-likeness (QED) is 0.372. The lowest BCUT2D eigenvalue weighted by Crippen LogP contribution is -2.21. The van der Waals surface area contributed by atoms with Gasteiger partial charge in [0.15, 0.2) is 0 Å². The fourth-order valence-corrected chi connectivity index (χ4v) is 4.16. The van der Waals surface area contributed by atoms with Gasteiger partial charge in [-0.1, -0.05) is 6.07 Å². The number of anilines is 1. The van der Waals surface area contributed by atoms with Crippen molar-refractivity contribution in [3.8, 4) is 5.75 Å². The highest BCUT2D eigenvalue weighted by Crippen LogP contribution is 2.35. The minimum absolute atomic E-state index is 0.0335. The number of nitrogens with one attached hydrogen (secondary N) is 1. The Morgan fingerprint density at radius 2 is 1.84 bits per heavy atom. The molecule has 164 valence electrons. The Labute approximate surface area is 181 Å². The number of hydrogen-bond acceptors (Lipinski definition) is 7. The Kier molecular flexibility index (Phi) is 5.70. The third kappa shape index (κ3) is 3.67. The Hall–Kier alpha value is -2.94. The fourth-order valence-electron chi connectivity index (χ4n) is 4.16. The minimum atomic E-state index is -0.194. The number of phenolic OH excluding ortho intramolecular Hbond substituents is 1. The van der Waals surface area contributed by atoms with Crippen LogP contribution in [0.4, 0.5) is 5.69 Å². The molecule has 0 aliphatic carbocycles. The molecule has 0 aliphatic rings. The first kappa shape index (κ1) is 21.3. The van der Waals surface area contributed by atoms with E-state index in [1.807, 2.05) is 44.8 Å². The summed E-state index contributed by atoms with van der Waals surface area (Å²) in [6.07, 6.45) is 0.735. The molecule has 8 nitrogen and oxygen atoms in total. The number of pyridine rings is 1. The molecule has 0 atom stereocenters. The summed E-state index contributed by atoms with van der Waals surface area (Å²) in [6, 6.07) is 7.08. The Morgan fingerprint density at radius 3 is 2.52 bits per heavy atom. The van der Waals surface area contributed by atoms with Crippen molar-refractivity contribution in [3.05, 3.63) is 45.7 Å². The number of aromatic nitrogens is 2. The lowest BCUT2D eigenvalue weighted by molar-refractivity contribution is 0.412. The van der Waals surface area contributed by atoms with Crippen LogP contribution in [-0.2, 0) is 13.0 Å². The van der Waals surface area contributed by atoms with E-state index in [1.165, 1.54) is 0 Å². The maximum atomic E-state index is 13.6. The van der Waals surface area contributed by atoms with Gasteiger partial charge in [0.05, 0.1) is 27.5 Å². The first-order valence-electron chi connectivity index (χ1n) is 10.5. The van der Waals surface area contributed by atoms with Crippen molar-refractivity contribution < 1.29 is 5.11 Å². The first-order valence-corrected chi connectivity index (χ1v) is 10.5. The molecule has 0 saturated carbocycles. The Bertz CT molecular complexity index is 1290. The molecule has 0 unspecified atom stereocenters. The summed E-state index contributed by atoms with van der Waals surface area (Å²) in [4.78, 5) is 17.8. The molecule has 0 amide bonds. The van der Waals surface area contributed by atoms with Crippen LogP contribution in [0.3, 0.4) is 0 Å². The molecule has 4 aromatic rings. The number of phenols is 1. The van der Waals surface area contributed by atoms with Crippen molar-refractivity contribution >= 4 is 32.9 Å². The molecular weight excluding hydrogens is 392 g/mol. The van der Waals surface area contributed by atoms with Gasteiger partial charge in [-0.05, 0) is 52.0 Å². The topological polar surface area (TPSA) is 99.1 Å². The van der Waals surface area contributed by atoms with E-state index < -0.39 is 0 Å². The van der Waals surface area contributed by atoms with Gasteiger partial charge in [0.2, 0.25) is 5.43 Å². The third-order valence-electron chi connectivity index (χ3n) is 5.70. The third-order valence-corrected chi connectivity index (χ3v) is 5.70. The molecule has 0 spiro atoms. The molecule has 31 heavy (non-hydrogen) atoms. The summed E-state index contributed by atoms with van der Waals surface area (Å²) in [6.45, 7) is 2.67. The fraction of sp³-hybridized carbons (Fsp3) is 0.391. The first-order chi connectivity index (χ1) is 14.8. The summed E-state index contributed by atoms with van der Waals surface area (Å²) in [5, 5.41) is 20.6. The lowest BCUT2D eigenvalue weighted by Gasteiger charge is -2.16. The van der Waals surface area contributed by atoms with Crippen LogP contribution in [-0.4, -0.2) is 72.3 Å². The zero-order chi connectivity index (χ0) is 22.3. The van der Waals surface area contributed by atoms with Gasteiger partial charge in [0.1, 0.15) is 5.75 Å². The maximum Gasteiger partial charge on any atom is 0.203 e. The second-order valence-corrected chi connectivity index (χ2v) is 8.53. The van der Waals surface area contributed by atoms with E-state index in [1.54, 1.807) is 12.1 Å². The highest BCUT2D eigenvalue weighted by molar-refractivity contribution is 6.10. The number of aromatic hydroxyl groups is 1. The van der Waals surface area contributed by atoms with Gasteiger partial charge in [-0.25, -0.2) is 4.52 Å². The van der Waals surface area contributed by atoms with E-state index in [9.17, 15) is 9.90 Å². The minimum Gasteiger partial charge on any atom is -0.507 e. The number of nitrogens with two attached hydrogens (primary N) is 1. The van der Waals surface area contributed by atoms with Gasteiger partial charge >= 0.3 is 0 Å². The van der Waals surface area contributed by atoms with Gasteiger partial charge in [-0.3, -0.25) is 4.79 Å². The standard InChI is InChI=1S/C23H30N6O2/c1-27(2)10-8-15-19-14(13-24)12-16(25-9-11-28(3)4)20-22(19)29(26-15)17-6-5-7-18(30)21(17)23(20)31/h5-7,12,25,30H,8-11,13,24H2,1-4H3. The van der Waals surface area contributed by atoms with Crippen LogP contribution in [0.5, 0.6) is 5.75 Å². The number of nitrogens with zero attached hydrogens (tertiary/aromatic N) is 4. The molecule has 2 aromatic carbocycles. The summed E-state index contributed by atoms with van der Waals surface area (Å²) >= 11 is 0. The molecular formula is C23H30N6O2. The molecule has 8 heteroatoms. The van der Waals surface area contributed by atoms with E-state index in [2.05, 4.69) is 15.1 Å². The van der Waals surface area contributed by atoms with Gasteiger partial charge in [-0.2, -0.15) is 5.10 Å². The van der Waals surface area contributed by atoms with Crippen molar-refractivity contribution in [2.24, 2.45) is 5.73 Å². The van der Waals surface area contributed by atoms with Crippen LogP contribution in [0.15, 0.2) is 29.1 Å². The van der Waals surface area contributed by atoms with Gasteiger partial charge in [0, 0.05) is 43.7 Å². The Morgan fingerprint density at radius 1 is 1.10 bits per heavy atom. The van der Waals surface area contributed by atoms with Crippen LogP contribution >= 0.6 is 0 Å². The predicted molar refractivity (Wildman–Crippen MR) is 127 cm³/mol. The Balaban J connectivity index is 2.08. The molecule has 0 fully saturated rings. The number of fused-ring (bicyclic) bond motifs is 2. The average molecular weight is 423 g/mol. The molecule has 2 aromatic heterocycles. The summed E-state index contributed by atoms with van der Waals surface area (Å²) in [7, 11) is 8.06. The van der Waals surface area contributed by atoms with Crippen LogP contribution in [0.1, 0.15) is 11.3 Å². The van der Waals surface area contributed by atoms with E-state index >= 15 is 0 Å². The zero-order valence-electron chi connectivity index (χ0n) is 18.6. The van der Waals surface area contributed by atoms with Crippen molar-refractivity contribution in [2.45, 2.75) is 13.0 Å². The van der Waals surface area contributed by atoms with Gasteiger partial charge in [0.25, 0.3) is 0 Å². The second-order valence-electron chi connectivity index (χ2n) is 8.53. The number of rotatable bonds is 8. The molecule has 4 rings (SSSR count). The molecule has 0 bridgehead atoms. The van der Waals surface area contributed by atoms with Crippen LogP contribution in [0.2, 0.25) is 0 Å². The molecule has 0 radical (unpaired) electrons. The molecule has 0 saturated heterocycles. The summed E-state index contributed by atoms with van der Waals surface area (Å²) in [5.74, 6) is -0.0335. The van der Waals surface area contributed by atoms with E-state index in [-0.39, 0.29) is 16.6 Å². The van der Waals surface area contributed by atoms with Gasteiger partial charge < -0.3 is 26.0 Å². The molecule has 4 N–H and O–H groups in total. The smallest absolute Gasteiger partial charge is 0.203 e. The van der Waals surface area contributed by atoms with Crippen molar-refractivity contribution in [1.82, 2.24) is 19.4 Å². The van der Waals surface area contributed by atoms with E-state index in [0.717, 1.165) is 47.4 Å². The summed E-state index contributed by atoms with van der Waals surface area (Å²) < 4.78 is 1.81. The average Bonchev–Trinajstić information content (AvgIpc) is 3.10. The summed E-state index contributed by atoms with van der Waals surface area (Å²) in [5.41, 5.74) is 9.93. The van der Waals surface area contributed by atoms with Crippen molar-refractivity contribution in [3.63, 3.8) is 0 Å². The van der Waals surface area contributed by atoms with Gasteiger partial charge in [-0.15, -0.1) is 0 Å². The largest absolute Gasteiger partial charge is 0.507 e. The molecule has 2 heterocycles. The van der Waals surface area contributed by atoms with Crippen LogP contribution in [0, 0.1) is 0 Å². The highest BCUT2D eigenvalue weighted by Gasteiger charge is 2.23. The van der Waals surface area contributed by atoms with Crippen LogP contribution in [0.25, 0.3) is 27.2 Å².